The monoisotopic (exact) mass is 372 g/mol. The molecular weight excluding hydrogens is 355 g/mol. The SMILES string of the molecule is O=C(O)N1CCC(n2c(=O)[nH]c3cnc(Nc4ccc(F)cc4)nc32)CC1. The minimum absolute atomic E-state index is 0.143. The fourth-order valence-electron chi connectivity index (χ4n) is 3.29. The lowest BCUT2D eigenvalue weighted by Gasteiger charge is -2.30. The van der Waals surface area contributed by atoms with Gasteiger partial charge in [0.15, 0.2) is 5.65 Å². The molecule has 0 unspecified atom stereocenters. The number of likely N-dealkylation sites (tertiary alicyclic amines) is 1. The van der Waals surface area contributed by atoms with Crippen LogP contribution in [0.25, 0.3) is 11.2 Å². The number of carboxylic acid groups (broad SMARTS) is 1. The highest BCUT2D eigenvalue weighted by molar-refractivity contribution is 5.72. The Labute approximate surface area is 152 Å². The second kappa shape index (κ2) is 6.71. The average Bonchev–Trinajstić information content (AvgIpc) is 2.99. The number of H-pyrrole nitrogens is 1. The molecule has 27 heavy (non-hydrogen) atoms. The van der Waals surface area contributed by atoms with E-state index in [4.69, 9.17) is 5.11 Å². The number of nitrogens with zero attached hydrogens (tertiary/aromatic N) is 4. The number of hydrogen-bond donors (Lipinski definition) is 3. The third kappa shape index (κ3) is 3.33. The Morgan fingerprint density at radius 2 is 1.96 bits per heavy atom. The second-order valence-corrected chi connectivity index (χ2v) is 6.36. The van der Waals surface area contributed by atoms with Gasteiger partial charge in [0, 0.05) is 24.8 Å². The van der Waals surface area contributed by atoms with Gasteiger partial charge in [-0.25, -0.2) is 19.0 Å². The lowest BCUT2D eigenvalue weighted by atomic mass is 10.1. The van der Waals surface area contributed by atoms with E-state index in [9.17, 15) is 14.0 Å². The molecule has 9 nitrogen and oxygen atoms in total. The smallest absolute Gasteiger partial charge is 0.407 e. The number of carbonyl (C=O) groups is 1. The summed E-state index contributed by atoms with van der Waals surface area (Å²) in [5.41, 5.74) is 1.28. The van der Waals surface area contributed by atoms with Crippen LogP contribution in [0, 0.1) is 5.82 Å². The molecule has 0 bridgehead atoms. The Kier molecular flexibility index (Phi) is 4.22. The summed E-state index contributed by atoms with van der Waals surface area (Å²) in [6.45, 7) is 0.732. The van der Waals surface area contributed by atoms with E-state index in [1.165, 1.54) is 23.2 Å². The van der Waals surface area contributed by atoms with Gasteiger partial charge in [-0.05, 0) is 37.1 Å². The molecule has 1 amide bonds. The van der Waals surface area contributed by atoms with Crippen molar-refractivity contribution in [1.29, 1.82) is 0 Å². The molecule has 1 aliphatic heterocycles. The standard InChI is InChI=1S/C17H17FN6O3/c18-10-1-3-11(4-2-10)20-15-19-9-13-14(22-15)24(16(25)21-13)12-5-7-23(8-6-12)17(26)27/h1-4,9,12H,5-8H2,(H,21,25)(H,26,27)(H,19,20,22). The Hall–Kier alpha value is -3.43. The molecule has 0 atom stereocenters. The highest BCUT2D eigenvalue weighted by Gasteiger charge is 2.26. The van der Waals surface area contributed by atoms with Gasteiger partial charge in [-0.3, -0.25) is 4.57 Å². The van der Waals surface area contributed by atoms with Crippen molar-refractivity contribution >= 4 is 28.9 Å². The number of imidazole rings is 1. The Morgan fingerprint density at radius 3 is 2.63 bits per heavy atom. The van der Waals surface area contributed by atoms with Crippen LogP contribution in [0.5, 0.6) is 0 Å². The minimum Gasteiger partial charge on any atom is -0.465 e. The molecule has 1 aromatic carbocycles. The topological polar surface area (TPSA) is 116 Å². The van der Waals surface area contributed by atoms with E-state index in [1.807, 2.05) is 0 Å². The van der Waals surface area contributed by atoms with Gasteiger partial charge in [0.05, 0.1) is 6.20 Å². The first-order valence-electron chi connectivity index (χ1n) is 8.49. The van der Waals surface area contributed by atoms with Crippen molar-refractivity contribution in [3.63, 3.8) is 0 Å². The number of nitrogens with one attached hydrogen (secondary N) is 2. The van der Waals surface area contributed by atoms with Gasteiger partial charge in [-0.15, -0.1) is 0 Å². The van der Waals surface area contributed by atoms with Gasteiger partial charge in [0.25, 0.3) is 0 Å². The van der Waals surface area contributed by atoms with Crippen LogP contribution in [0.1, 0.15) is 18.9 Å². The Morgan fingerprint density at radius 1 is 1.26 bits per heavy atom. The quantitative estimate of drug-likeness (QED) is 0.650. The van der Waals surface area contributed by atoms with Gasteiger partial charge in [0.1, 0.15) is 11.3 Å². The number of aromatic nitrogens is 4. The number of aromatic amines is 1. The summed E-state index contributed by atoms with van der Waals surface area (Å²) in [6.07, 6.45) is 1.62. The molecule has 3 aromatic rings. The molecule has 4 rings (SSSR count). The predicted octanol–water partition coefficient (Wildman–Crippen LogP) is 2.32. The molecule has 3 heterocycles. The summed E-state index contributed by atoms with van der Waals surface area (Å²) in [5, 5.41) is 12.1. The van der Waals surface area contributed by atoms with Crippen LogP contribution in [-0.4, -0.2) is 48.7 Å². The van der Waals surface area contributed by atoms with Crippen LogP contribution in [0.2, 0.25) is 0 Å². The van der Waals surface area contributed by atoms with E-state index in [-0.39, 0.29) is 23.5 Å². The largest absolute Gasteiger partial charge is 0.465 e. The molecule has 0 radical (unpaired) electrons. The van der Waals surface area contributed by atoms with Crippen molar-refractivity contribution in [3.8, 4) is 0 Å². The first-order chi connectivity index (χ1) is 13.0. The number of anilines is 2. The highest BCUT2D eigenvalue weighted by Crippen LogP contribution is 2.24. The maximum absolute atomic E-state index is 13.0. The van der Waals surface area contributed by atoms with Crippen LogP contribution >= 0.6 is 0 Å². The zero-order valence-corrected chi connectivity index (χ0v) is 14.2. The summed E-state index contributed by atoms with van der Waals surface area (Å²) in [7, 11) is 0. The number of fused-ring (bicyclic) bond motifs is 1. The summed E-state index contributed by atoms with van der Waals surface area (Å²) in [6, 6.07) is 5.63. The molecule has 0 saturated carbocycles. The molecule has 3 N–H and O–H groups in total. The molecule has 1 saturated heterocycles. The van der Waals surface area contributed by atoms with Crippen molar-refractivity contribution < 1.29 is 14.3 Å². The number of amides is 1. The first-order valence-corrected chi connectivity index (χ1v) is 8.49. The summed E-state index contributed by atoms with van der Waals surface area (Å²) in [4.78, 5) is 36.1. The van der Waals surface area contributed by atoms with Crippen LogP contribution in [0.4, 0.5) is 20.8 Å². The average molecular weight is 372 g/mol. The minimum atomic E-state index is -0.951. The van der Waals surface area contributed by atoms with Gasteiger partial charge >= 0.3 is 11.8 Å². The van der Waals surface area contributed by atoms with E-state index >= 15 is 0 Å². The number of benzene rings is 1. The third-order valence-electron chi connectivity index (χ3n) is 4.66. The molecule has 0 aliphatic carbocycles. The molecule has 1 aliphatic rings. The molecule has 10 heteroatoms. The highest BCUT2D eigenvalue weighted by atomic mass is 19.1. The zero-order chi connectivity index (χ0) is 19.0. The summed E-state index contributed by atoms with van der Waals surface area (Å²) in [5.74, 6) is -0.0612. The van der Waals surface area contributed by atoms with Crippen LogP contribution in [0.3, 0.4) is 0 Å². The Bertz CT molecular complexity index is 1040. The number of rotatable bonds is 3. The summed E-state index contributed by atoms with van der Waals surface area (Å²) >= 11 is 0. The van der Waals surface area contributed by atoms with Crippen molar-refractivity contribution in [2.75, 3.05) is 18.4 Å². The molecule has 0 spiro atoms. The zero-order valence-electron chi connectivity index (χ0n) is 14.2. The third-order valence-corrected chi connectivity index (χ3v) is 4.66. The molecular formula is C17H17FN6O3. The lowest BCUT2D eigenvalue weighted by Crippen LogP contribution is -2.39. The van der Waals surface area contributed by atoms with Gasteiger partial charge in [-0.2, -0.15) is 4.98 Å². The first kappa shape index (κ1) is 17.0. The second-order valence-electron chi connectivity index (χ2n) is 6.36. The van der Waals surface area contributed by atoms with Crippen molar-refractivity contribution in [1.82, 2.24) is 24.4 Å². The van der Waals surface area contributed by atoms with Crippen LogP contribution in [0.15, 0.2) is 35.3 Å². The fraction of sp³-hybridized carbons (Fsp3) is 0.294. The maximum atomic E-state index is 13.0. The van der Waals surface area contributed by atoms with Crippen molar-refractivity contribution in [2.45, 2.75) is 18.9 Å². The number of halogens is 1. The molecule has 1 fully saturated rings. The molecule has 140 valence electrons. The van der Waals surface area contributed by atoms with E-state index in [0.717, 1.165) is 0 Å². The fourth-order valence-corrected chi connectivity index (χ4v) is 3.29. The number of hydrogen-bond acceptors (Lipinski definition) is 5. The molecule has 2 aromatic heterocycles. The predicted molar refractivity (Wildman–Crippen MR) is 95.7 cm³/mol. The lowest BCUT2D eigenvalue weighted by molar-refractivity contribution is 0.125. The van der Waals surface area contributed by atoms with Gasteiger partial charge in [-0.1, -0.05) is 0 Å². The maximum Gasteiger partial charge on any atom is 0.407 e. The van der Waals surface area contributed by atoms with Crippen molar-refractivity contribution in [3.05, 3.63) is 46.8 Å². The van der Waals surface area contributed by atoms with E-state index in [2.05, 4.69) is 20.3 Å². The number of piperidine rings is 1. The van der Waals surface area contributed by atoms with Gasteiger partial charge < -0.3 is 20.3 Å². The van der Waals surface area contributed by atoms with E-state index in [1.54, 1.807) is 16.7 Å². The van der Waals surface area contributed by atoms with E-state index in [0.29, 0.717) is 42.8 Å². The Balaban J connectivity index is 1.63. The van der Waals surface area contributed by atoms with Crippen molar-refractivity contribution in [2.24, 2.45) is 0 Å². The summed E-state index contributed by atoms with van der Waals surface area (Å²) < 4.78 is 14.6. The van der Waals surface area contributed by atoms with Crippen LogP contribution in [-0.2, 0) is 0 Å². The normalized spacial score (nSPS) is 15.2. The van der Waals surface area contributed by atoms with Crippen LogP contribution < -0.4 is 11.0 Å². The van der Waals surface area contributed by atoms with E-state index < -0.39 is 6.09 Å². The van der Waals surface area contributed by atoms with Gasteiger partial charge in [0.2, 0.25) is 5.95 Å².